The summed E-state index contributed by atoms with van der Waals surface area (Å²) in [5, 5.41) is 0. The zero-order chi connectivity index (χ0) is 24.3. The highest BCUT2D eigenvalue weighted by molar-refractivity contribution is 5.81. The minimum atomic E-state index is 0.222. The summed E-state index contributed by atoms with van der Waals surface area (Å²) in [4.78, 5) is 9.96. The van der Waals surface area contributed by atoms with Gasteiger partial charge >= 0.3 is 0 Å². The molecule has 0 fully saturated rings. The molecule has 4 aromatic carbocycles. The van der Waals surface area contributed by atoms with E-state index in [1.54, 1.807) is 0 Å². The van der Waals surface area contributed by atoms with Crippen molar-refractivity contribution in [3.05, 3.63) is 96.1 Å². The first-order chi connectivity index (χ1) is 18.3. The predicted octanol–water partition coefficient (Wildman–Crippen LogP) is 6.51. The number of fused-ring (bicyclic) bond motifs is 5. The first kappa shape index (κ1) is 20.4. The summed E-state index contributed by atoms with van der Waals surface area (Å²) < 4.78 is 22.2. The highest BCUT2D eigenvalue weighted by atomic mass is 16.7. The van der Waals surface area contributed by atoms with Crippen LogP contribution in [0.2, 0.25) is 0 Å². The van der Waals surface area contributed by atoms with Crippen molar-refractivity contribution in [3.63, 3.8) is 0 Å². The van der Waals surface area contributed by atoms with Crippen molar-refractivity contribution < 1.29 is 18.9 Å². The van der Waals surface area contributed by atoms with Crippen LogP contribution in [-0.4, -0.2) is 23.6 Å². The van der Waals surface area contributed by atoms with E-state index in [0.717, 1.165) is 51.7 Å². The highest BCUT2D eigenvalue weighted by Crippen LogP contribution is 2.41. The SMILES string of the molecule is c1ccc2c(c1)Cc1cc(-c3cc(-c4ccc5c(c4)OCO5)nc(-c4ccc5c(c4)OCO5)n3)ccc1-2. The van der Waals surface area contributed by atoms with Gasteiger partial charge in [0.1, 0.15) is 0 Å². The molecule has 6 nitrogen and oxygen atoms in total. The second kappa shape index (κ2) is 7.83. The van der Waals surface area contributed by atoms with E-state index in [4.69, 9.17) is 28.9 Å². The predicted molar refractivity (Wildman–Crippen MR) is 139 cm³/mol. The van der Waals surface area contributed by atoms with Gasteiger partial charge in [0, 0.05) is 16.7 Å². The molecule has 178 valence electrons. The molecule has 0 saturated heterocycles. The van der Waals surface area contributed by atoms with Crippen molar-refractivity contribution in [3.8, 4) is 68.0 Å². The zero-order valence-corrected chi connectivity index (χ0v) is 19.7. The maximum absolute atomic E-state index is 5.63. The number of hydrogen-bond donors (Lipinski definition) is 0. The Morgan fingerprint density at radius 3 is 1.86 bits per heavy atom. The molecule has 3 aliphatic rings. The molecular formula is C31H20N2O4. The Bertz CT molecular complexity index is 1650. The fourth-order valence-electron chi connectivity index (χ4n) is 5.27. The van der Waals surface area contributed by atoms with Gasteiger partial charge in [0.2, 0.25) is 13.6 Å². The van der Waals surface area contributed by atoms with Gasteiger partial charge in [-0.25, -0.2) is 9.97 Å². The van der Waals surface area contributed by atoms with Crippen molar-refractivity contribution >= 4 is 0 Å². The molecule has 1 aromatic heterocycles. The van der Waals surface area contributed by atoms with Crippen LogP contribution in [-0.2, 0) is 6.42 Å². The molecule has 0 saturated carbocycles. The minimum Gasteiger partial charge on any atom is -0.454 e. The summed E-state index contributed by atoms with van der Waals surface area (Å²) in [6, 6.07) is 29.0. The molecule has 0 spiro atoms. The third-order valence-electron chi connectivity index (χ3n) is 7.11. The topological polar surface area (TPSA) is 62.7 Å². The lowest BCUT2D eigenvalue weighted by molar-refractivity contribution is 0.173. The van der Waals surface area contributed by atoms with Gasteiger partial charge in [-0.3, -0.25) is 0 Å². The fourth-order valence-corrected chi connectivity index (χ4v) is 5.27. The van der Waals surface area contributed by atoms with Gasteiger partial charge in [-0.05, 0) is 77.2 Å². The molecule has 0 unspecified atom stereocenters. The summed E-state index contributed by atoms with van der Waals surface area (Å²) in [5.41, 5.74) is 9.79. The molecule has 0 radical (unpaired) electrons. The Kier molecular flexibility index (Phi) is 4.31. The van der Waals surface area contributed by atoms with Gasteiger partial charge in [-0.2, -0.15) is 0 Å². The lowest BCUT2D eigenvalue weighted by atomic mass is 10.0. The van der Waals surface area contributed by atoms with Crippen LogP contribution in [0.1, 0.15) is 11.1 Å². The Morgan fingerprint density at radius 1 is 0.486 bits per heavy atom. The zero-order valence-electron chi connectivity index (χ0n) is 19.7. The van der Waals surface area contributed by atoms with Gasteiger partial charge in [0.25, 0.3) is 0 Å². The van der Waals surface area contributed by atoms with Crippen LogP contribution >= 0.6 is 0 Å². The van der Waals surface area contributed by atoms with E-state index in [9.17, 15) is 0 Å². The molecule has 5 aromatic rings. The van der Waals surface area contributed by atoms with Crippen LogP contribution in [0.4, 0.5) is 0 Å². The van der Waals surface area contributed by atoms with E-state index < -0.39 is 0 Å². The number of hydrogen-bond acceptors (Lipinski definition) is 6. The Balaban J connectivity index is 1.27. The van der Waals surface area contributed by atoms with E-state index in [-0.39, 0.29) is 13.6 Å². The second-order valence-corrected chi connectivity index (χ2v) is 9.30. The van der Waals surface area contributed by atoms with Crippen LogP contribution in [0.3, 0.4) is 0 Å². The second-order valence-electron chi connectivity index (χ2n) is 9.30. The summed E-state index contributed by atoms with van der Waals surface area (Å²) in [5.74, 6) is 3.51. The third kappa shape index (κ3) is 3.33. The Labute approximate surface area is 213 Å². The lowest BCUT2D eigenvalue weighted by Gasteiger charge is -2.11. The normalized spacial score (nSPS) is 13.9. The molecule has 3 heterocycles. The number of ether oxygens (including phenoxy) is 4. The van der Waals surface area contributed by atoms with Gasteiger partial charge in [0.15, 0.2) is 28.8 Å². The maximum Gasteiger partial charge on any atom is 0.231 e. The number of benzene rings is 4. The quantitative estimate of drug-likeness (QED) is 0.286. The van der Waals surface area contributed by atoms with E-state index in [2.05, 4.69) is 42.5 Å². The van der Waals surface area contributed by atoms with Crippen molar-refractivity contribution in [1.29, 1.82) is 0 Å². The molecular weight excluding hydrogens is 464 g/mol. The molecule has 8 rings (SSSR count). The van der Waals surface area contributed by atoms with Crippen LogP contribution in [0.25, 0.3) is 45.0 Å². The lowest BCUT2D eigenvalue weighted by Crippen LogP contribution is -1.97. The van der Waals surface area contributed by atoms with Crippen LogP contribution < -0.4 is 18.9 Å². The van der Waals surface area contributed by atoms with Crippen molar-refractivity contribution in [2.45, 2.75) is 6.42 Å². The highest BCUT2D eigenvalue weighted by Gasteiger charge is 2.21. The molecule has 0 bridgehead atoms. The molecule has 6 heteroatoms. The molecule has 0 amide bonds. The van der Waals surface area contributed by atoms with E-state index in [1.165, 1.54) is 22.3 Å². The van der Waals surface area contributed by atoms with Crippen LogP contribution in [0.15, 0.2) is 84.9 Å². The van der Waals surface area contributed by atoms with Crippen molar-refractivity contribution in [1.82, 2.24) is 9.97 Å². The largest absolute Gasteiger partial charge is 0.454 e. The Morgan fingerprint density at radius 2 is 1.08 bits per heavy atom. The monoisotopic (exact) mass is 484 g/mol. The van der Waals surface area contributed by atoms with E-state index in [0.29, 0.717) is 11.6 Å². The number of nitrogens with zero attached hydrogens (tertiary/aromatic N) is 2. The standard InChI is InChI=1S/C31H20N2O4/c1-2-4-23-18(3-1)11-22-12-19(5-8-24(22)23)25-15-26(20-6-9-27-29(13-20)36-16-34-27)33-31(32-25)21-7-10-28-30(14-21)37-17-35-28/h1-10,12-15H,11,16-17H2. The van der Waals surface area contributed by atoms with Crippen LogP contribution in [0.5, 0.6) is 23.0 Å². The smallest absolute Gasteiger partial charge is 0.231 e. The number of aromatic nitrogens is 2. The average molecular weight is 485 g/mol. The Hall–Kier alpha value is -4.84. The van der Waals surface area contributed by atoms with E-state index in [1.807, 2.05) is 42.5 Å². The third-order valence-corrected chi connectivity index (χ3v) is 7.11. The molecule has 0 atom stereocenters. The van der Waals surface area contributed by atoms with Crippen molar-refractivity contribution in [2.24, 2.45) is 0 Å². The average Bonchev–Trinajstić information content (AvgIpc) is 3.69. The van der Waals surface area contributed by atoms with E-state index >= 15 is 0 Å². The van der Waals surface area contributed by atoms with Crippen LogP contribution in [0, 0.1) is 0 Å². The summed E-state index contributed by atoms with van der Waals surface area (Å²) in [7, 11) is 0. The first-order valence-electron chi connectivity index (χ1n) is 12.2. The van der Waals surface area contributed by atoms with Gasteiger partial charge in [-0.1, -0.05) is 36.4 Å². The molecule has 0 N–H and O–H groups in total. The minimum absolute atomic E-state index is 0.222. The fraction of sp³-hybridized carbons (Fsp3) is 0.0968. The van der Waals surface area contributed by atoms with Crippen molar-refractivity contribution in [2.75, 3.05) is 13.6 Å². The molecule has 2 aliphatic heterocycles. The molecule has 37 heavy (non-hydrogen) atoms. The maximum atomic E-state index is 5.63. The molecule has 1 aliphatic carbocycles. The van der Waals surface area contributed by atoms with Gasteiger partial charge < -0.3 is 18.9 Å². The van der Waals surface area contributed by atoms with Gasteiger partial charge in [-0.15, -0.1) is 0 Å². The summed E-state index contributed by atoms with van der Waals surface area (Å²) in [6.07, 6.45) is 0.925. The van der Waals surface area contributed by atoms with Gasteiger partial charge in [0.05, 0.1) is 11.4 Å². The summed E-state index contributed by atoms with van der Waals surface area (Å²) >= 11 is 0. The summed E-state index contributed by atoms with van der Waals surface area (Å²) in [6.45, 7) is 0.452. The first-order valence-corrected chi connectivity index (χ1v) is 12.2. The number of rotatable bonds is 3.